The normalized spacial score (nSPS) is 13.7. The first-order valence-corrected chi connectivity index (χ1v) is 16.2. The summed E-state index contributed by atoms with van der Waals surface area (Å²) in [5.74, 6) is -2.29. The molecule has 3 aromatic carbocycles. The second-order valence-electron chi connectivity index (χ2n) is 10.9. The van der Waals surface area contributed by atoms with Crippen LogP contribution in [-0.2, 0) is 38.4 Å². The topological polar surface area (TPSA) is 166 Å². The van der Waals surface area contributed by atoms with E-state index in [-0.39, 0.29) is 19.3 Å². The van der Waals surface area contributed by atoms with Gasteiger partial charge < -0.3 is 31.8 Å². The Morgan fingerprint density at radius 1 is 0.733 bits per heavy atom. The number of aromatic amines is 1. The second-order valence-corrected chi connectivity index (χ2v) is 11.8. The van der Waals surface area contributed by atoms with E-state index >= 15 is 0 Å². The first-order valence-electron chi connectivity index (χ1n) is 14.8. The van der Waals surface area contributed by atoms with Crippen LogP contribution in [-0.4, -0.2) is 70.0 Å². The maximum Gasteiger partial charge on any atom is 0.326 e. The molecule has 0 aliphatic carbocycles. The van der Waals surface area contributed by atoms with Gasteiger partial charge in [0.25, 0.3) is 0 Å². The number of hydrogen-bond acceptors (Lipinski definition) is 6. The van der Waals surface area contributed by atoms with Crippen molar-refractivity contribution in [3.8, 4) is 0 Å². The van der Waals surface area contributed by atoms with Crippen molar-refractivity contribution in [1.82, 2.24) is 20.9 Å². The lowest BCUT2D eigenvalue weighted by Crippen LogP contribution is -2.58. The van der Waals surface area contributed by atoms with Crippen molar-refractivity contribution in [3.63, 3.8) is 0 Å². The maximum atomic E-state index is 13.6. The van der Waals surface area contributed by atoms with Crippen LogP contribution in [0.3, 0.4) is 0 Å². The molecule has 11 heteroatoms. The molecule has 4 rings (SSSR count). The molecule has 0 radical (unpaired) electrons. The highest BCUT2D eigenvalue weighted by Gasteiger charge is 2.30. The number of carboxylic acids is 1. The zero-order chi connectivity index (χ0) is 32.2. The summed E-state index contributed by atoms with van der Waals surface area (Å²) >= 11 is 1.52. The molecule has 10 nitrogen and oxygen atoms in total. The molecule has 0 saturated carbocycles. The summed E-state index contributed by atoms with van der Waals surface area (Å²) in [5, 5.41) is 19.0. The molecular formula is C34H39N5O5S. The highest BCUT2D eigenvalue weighted by molar-refractivity contribution is 7.98. The van der Waals surface area contributed by atoms with Gasteiger partial charge in [-0.3, -0.25) is 14.4 Å². The van der Waals surface area contributed by atoms with Crippen molar-refractivity contribution in [2.24, 2.45) is 5.73 Å². The monoisotopic (exact) mass is 629 g/mol. The van der Waals surface area contributed by atoms with Gasteiger partial charge in [0, 0.05) is 29.9 Å². The third kappa shape index (κ3) is 9.69. The van der Waals surface area contributed by atoms with E-state index in [0.29, 0.717) is 12.2 Å². The Balaban J connectivity index is 1.47. The van der Waals surface area contributed by atoms with Crippen molar-refractivity contribution in [2.45, 2.75) is 49.9 Å². The average Bonchev–Trinajstić information content (AvgIpc) is 3.45. The van der Waals surface area contributed by atoms with Crippen molar-refractivity contribution in [3.05, 3.63) is 108 Å². The fraction of sp³-hybridized carbons (Fsp3) is 0.294. The number of fused-ring (bicyclic) bond motifs is 1. The summed E-state index contributed by atoms with van der Waals surface area (Å²) < 4.78 is 0. The van der Waals surface area contributed by atoms with Crippen LogP contribution in [0.2, 0.25) is 0 Å². The number of nitrogens with two attached hydrogens (primary N) is 1. The van der Waals surface area contributed by atoms with E-state index in [4.69, 9.17) is 5.73 Å². The van der Waals surface area contributed by atoms with Crippen LogP contribution in [0.4, 0.5) is 0 Å². The lowest BCUT2D eigenvalue weighted by atomic mass is 10.0. The number of aliphatic carboxylic acids is 1. The molecule has 0 aliphatic heterocycles. The summed E-state index contributed by atoms with van der Waals surface area (Å²) in [6.45, 7) is 0. The Morgan fingerprint density at radius 2 is 1.27 bits per heavy atom. The third-order valence-corrected chi connectivity index (χ3v) is 8.15. The molecule has 3 amide bonds. The lowest BCUT2D eigenvalue weighted by Gasteiger charge is -2.25. The van der Waals surface area contributed by atoms with E-state index in [1.807, 2.05) is 73.1 Å². The van der Waals surface area contributed by atoms with Gasteiger partial charge in [0.15, 0.2) is 0 Å². The Labute approximate surface area is 266 Å². The smallest absolute Gasteiger partial charge is 0.326 e. The highest BCUT2D eigenvalue weighted by Crippen LogP contribution is 2.19. The van der Waals surface area contributed by atoms with Crippen molar-refractivity contribution in [2.75, 3.05) is 12.0 Å². The molecule has 4 atom stereocenters. The number of aromatic nitrogens is 1. The SMILES string of the molecule is CSCCC(NC(=O)C(N)Cc1c[nH]c2ccccc12)C(=O)NC(Cc1ccccc1)C(=O)NC(Cc1ccccc1)C(=O)O. The van der Waals surface area contributed by atoms with Crippen LogP contribution < -0.4 is 21.7 Å². The van der Waals surface area contributed by atoms with Crippen LogP contribution >= 0.6 is 11.8 Å². The quantitative estimate of drug-likeness (QED) is 0.111. The number of amides is 3. The fourth-order valence-electron chi connectivity index (χ4n) is 5.07. The summed E-state index contributed by atoms with van der Waals surface area (Å²) in [4.78, 5) is 55.6. The molecule has 4 aromatic rings. The van der Waals surface area contributed by atoms with Crippen LogP contribution in [0.15, 0.2) is 91.1 Å². The molecule has 0 fully saturated rings. The Bertz CT molecular complexity index is 1580. The summed E-state index contributed by atoms with van der Waals surface area (Å²) in [7, 11) is 0. The standard InChI is InChI=1S/C34H39N5O5S/c1-45-17-16-28(37-31(40)26(35)20-24-21-36-27-15-9-8-14-25(24)27)32(41)38-29(18-22-10-4-2-5-11-22)33(42)39-30(34(43)44)19-23-12-6-3-7-13-23/h2-15,21,26,28-30,36H,16-20,35H2,1H3,(H,37,40)(H,38,41)(H,39,42)(H,43,44). The van der Waals surface area contributed by atoms with Crippen LogP contribution in [0.1, 0.15) is 23.1 Å². The minimum Gasteiger partial charge on any atom is -0.480 e. The van der Waals surface area contributed by atoms with E-state index in [1.54, 1.807) is 24.3 Å². The number of carbonyl (C=O) groups excluding carboxylic acids is 3. The molecule has 0 saturated heterocycles. The van der Waals surface area contributed by atoms with E-state index in [0.717, 1.165) is 27.6 Å². The number of thioether (sulfide) groups is 1. The van der Waals surface area contributed by atoms with Gasteiger partial charge in [-0.1, -0.05) is 78.9 Å². The van der Waals surface area contributed by atoms with Gasteiger partial charge in [0.2, 0.25) is 17.7 Å². The number of hydrogen-bond donors (Lipinski definition) is 6. The van der Waals surface area contributed by atoms with E-state index in [2.05, 4.69) is 20.9 Å². The molecule has 0 bridgehead atoms. The first-order chi connectivity index (χ1) is 21.7. The number of nitrogens with one attached hydrogen (secondary N) is 4. The predicted octanol–water partition coefficient (Wildman–Crippen LogP) is 2.82. The van der Waals surface area contributed by atoms with Gasteiger partial charge in [-0.05, 0) is 47.6 Å². The van der Waals surface area contributed by atoms with Crippen molar-refractivity contribution in [1.29, 1.82) is 0 Å². The summed E-state index contributed by atoms with van der Waals surface area (Å²) in [6.07, 6.45) is 4.50. The van der Waals surface area contributed by atoms with Gasteiger partial charge in [0.1, 0.15) is 18.1 Å². The number of H-pyrrole nitrogens is 1. The molecule has 236 valence electrons. The maximum absolute atomic E-state index is 13.6. The molecule has 7 N–H and O–H groups in total. The van der Waals surface area contributed by atoms with Gasteiger partial charge in [-0.25, -0.2) is 4.79 Å². The van der Waals surface area contributed by atoms with Crippen molar-refractivity contribution >= 4 is 46.4 Å². The molecule has 1 heterocycles. The number of carboxylic acid groups (broad SMARTS) is 1. The molecule has 4 unspecified atom stereocenters. The average molecular weight is 630 g/mol. The van der Waals surface area contributed by atoms with Crippen LogP contribution in [0, 0.1) is 0 Å². The summed E-state index contributed by atoms with van der Waals surface area (Å²) in [6, 6.07) is 21.7. The van der Waals surface area contributed by atoms with Gasteiger partial charge in [0.05, 0.1) is 6.04 Å². The Morgan fingerprint density at radius 3 is 1.89 bits per heavy atom. The number of benzene rings is 3. The largest absolute Gasteiger partial charge is 0.480 e. The Hall–Kier alpha value is -4.61. The van der Waals surface area contributed by atoms with Gasteiger partial charge in [-0.15, -0.1) is 0 Å². The number of rotatable bonds is 16. The second kappa shape index (κ2) is 16.5. The van der Waals surface area contributed by atoms with Gasteiger partial charge >= 0.3 is 5.97 Å². The minimum atomic E-state index is -1.20. The first kappa shape index (κ1) is 33.3. The number of carbonyl (C=O) groups is 4. The molecule has 0 spiro atoms. The van der Waals surface area contributed by atoms with E-state index in [9.17, 15) is 24.3 Å². The molecule has 0 aliphatic rings. The zero-order valence-corrected chi connectivity index (χ0v) is 25.9. The third-order valence-electron chi connectivity index (χ3n) is 7.51. The van der Waals surface area contributed by atoms with Crippen LogP contribution in [0.25, 0.3) is 10.9 Å². The van der Waals surface area contributed by atoms with E-state index in [1.165, 1.54) is 11.8 Å². The highest BCUT2D eigenvalue weighted by atomic mass is 32.2. The Kier molecular flexibility index (Phi) is 12.2. The van der Waals surface area contributed by atoms with Crippen LogP contribution in [0.5, 0.6) is 0 Å². The zero-order valence-electron chi connectivity index (χ0n) is 25.1. The fourth-order valence-corrected chi connectivity index (χ4v) is 5.54. The molecule has 45 heavy (non-hydrogen) atoms. The molecular weight excluding hydrogens is 590 g/mol. The molecule has 1 aromatic heterocycles. The summed E-state index contributed by atoms with van der Waals surface area (Å²) in [5.41, 5.74) is 9.65. The van der Waals surface area contributed by atoms with Gasteiger partial charge in [-0.2, -0.15) is 11.8 Å². The number of para-hydroxylation sites is 1. The lowest BCUT2D eigenvalue weighted by molar-refractivity contribution is -0.142. The predicted molar refractivity (Wildman–Crippen MR) is 177 cm³/mol. The van der Waals surface area contributed by atoms with Crippen molar-refractivity contribution < 1.29 is 24.3 Å². The minimum absolute atomic E-state index is 0.0780. The van der Waals surface area contributed by atoms with E-state index < -0.39 is 47.9 Å².